The number of allylic oxidation sites excluding steroid dienone is 1. The summed E-state index contributed by atoms with van der Waals surface area (Å²) in [6.07, 6.45) is 0. The molecule has 0 amide bonds. The zero-order chi connectivity index (χ0) is 10.9. The fraction of sp³-hybridized carbons (Fsp3) is 0.308. The average molecular weight is 188 g/mol. The quantitative estimate of drug-likeness (QED) is 0.513. The van der Waals surface area contributed by atoms with Crippen LogP contribution in [-0.4, -0.2) is 5.78 Å². The second-order valence-corrected chi connectivity index (χ2v) is 3.88. The van der Waals surface area contributed by atoms with Gasteiger partial charge in [-0.15, -0.1) is 0 Å². The van der Waals surface area contributed by atoms with Crippen molar-refractivity contribution in [3.05, 3.63) is 46.5 Å². The number of benzene rings is 1. The lowest BCUT2D eigenvalue weighted by Crippen LogP contribution is -2.05. The molecular formula is C13H16O. The van der Waals surface area contributed by atoms with Gasteiger partial charge in [-0.2, -0.15) is 0 Å². The van der Waals surface area contributed by atoms with E-state index in [1.165, 1.54) is 5.56 Å². The zero-order valence-corrected chi connectivity index (χ0v) is 9.27. The predicted octanol–water partition coefficient (Wildman–Crippen LogP) is 3.37. The third kappa shape index (κ3) is 1.92. The van der Waals surface area contributed by atoms with Gasteiger partial charge in [0.2, 0.25) is 0 Å². The van der Waals surface area contributed by atoms with Crippen LogP contribution in [0, 0.1) is 20.8 Å². The maximum absolute atomic E-state index is 11.8. The summed E-state index contributed by atoms with van der Waals surface area (Å²) in [5.41, 5.74) is 4.67. The van der Waals surface area contributed by atoms with Crippen LogP contribution in [0.4, 0.5) is 0 Å². The Morgan fingerprint density at radius 2 is 1.57 bits per heavy atom. The van der Waals surface area contributed by atoms with Crippen LogP contribution >= 0.6 is 0 Å². The molecule has 1 aromatic rings. The molecule has 0 aliphatic carbocycles. The molecule has 0 spiro atoms. The van der Waals surface area contributed by atoms with Crippen LogP contribution in [0.3, 0.4) is 0 Å². The lowest BCUT2D eigenvalue weighted by atomic mass is 9.94. The zero-order valence-electron chi connectivity index (χ0n) is 9.27. The number of hydrogen-bond acceptors (Lipinski definition) is 1. The van der Waals surface area contributed by atoms with Crippen LogP contribution in [0.5, 0.6) is 0 Å². The van der Waals surface area contributed by atoms with Gasteiger partial charge in [-0.3, -0.25) is 4.79 Å². The van der Waals surface area contributed by atoms with Gasteiger partial charge in [-0.25, -0.2) is 0 Å². The van der Waals surface area contributed by atoms with E-state index >= 15 is 0 Å². The van der Waals surface area contributed by atoms with Gasteiger partial charge < -0.3 is 0 Å². The third-order valence-corrected chi connectivity index (χ3v) is 2.29. The van der Waals surface area contributed by atoms with Gasteiger partial charge >= 0.3 is 0 Å². The molecule has 0 bridgehead atoms. The molecule has 1 rings (SSSR count). The predicted molar refractivity (Wildman–Crippen MR) is 59.8 cm³/mol. The average Bonchev–Trinajstić information content (AvgIpc) is 2.01. The number of carbonyl (C=O) groups excluding carboxylic acids is 1. The molecule has 0 saturated carbocycles. The van der Waals surface area contributed by atoms with Crippen molar-refractivity contribution < 1.29 is 4.79 Å². The Bertz CT molecular complexity index is 377. The molecule has 0 unspecified atom stereocenters. The van der Waals surface area contributed by atoms with Crippen molar-refractivity contribution in [2.45, 2.75) is 27.7 Å². The van der Waals surface area contributed by atoms with Crippen LogP contribution in [0.25, 0.3) is 0 Å². The smallest absolute Gasteiger partial charge is 0.188 e. The maximum atomic E-state index is 11.8. The summed E-state index contributed by atoms with van der Waals surface area (Å²) in [6.45, 7) is 11.4. The van der Waals surface area contributed by atoms with E-state index in [1.807, 2.05) is 32.9 Å². The SMILES string of the molecule is C=C(C)C(=O)c1c(C)cc(C)cc1C. The van der Waals surface area contributed by atoms with Crippen molar-refractivity contribution in [1.29, 1.82) is 0 Å². The molecule has 0 aliphatic rings. The molecule has 1 heteroatoms. The number of hydrogen-bond donors (Lipinski definition) is 0. The third-order valence-electron chi connectivity index (χ3n) is 2.29. The molecule has 0 N–H and O–H groups in total. The second-order valence-electron chi connectivity index (χ2n) is 3.88. The number of aryl methyl sites for hydroxylation is 3. The normalized spacial score (nSPS) is 10.0. The standard InChI is InChI=1S/C13H16O/c1-8(2)13(14)12-10(4)6-9(3)7-11(12)5/h6-7H,1H2,2-5H3. The second kappa shape index (κ2) is 3.79. The first-order valence-electron chi connectivity index (χ1n) is 4.71. The lowest BCUT2D eigenvalue weighted by Gasteiger charge is -2.09. The van der Waals surface area contributed by atoms with Gasteiger partial charge in [-0.05, 0) is 44.4 Å². The molecule has 0 atom stereocenters. The molecule has 1 aromatic carbocycles. The summed E-state index contributed by atoms with van der Waals surface area (Å²) in [6, 6.07) is 4.06. The Hall–Kier alpha value is -1.37. The Labute approximate surface area is 85.5 Å². The molecule has 0 fully saturated rings. The van der Waals surface area contributed by atoms with E-state index in [1.54, 1.807) is 6.92 Å². The van der Waals surface area contributed by atoms with Crippen molar-refractivity contribution in [3.63, 3.8) is 0 Å². The fourth-order valence-corrected chi connectivity index (χ4v) is 1.75. The van der Waals surface area contributed by atoms with Gasteiger partial charge in [0.05, 0.1) is 0 Å². The lowest BCUT2D eigenvalue weighted by molar-refractivity contribution is 0.103. The van der Waals surface area contributed by atoms with E-state index in [-0.39, 0.29) is 5.78 Å². The van der Waals surface area contributed by atoms with Crippen molar-refractivity contribution in [2.24, 2.45) is 0 Å². The molecule has 0 aromatic heterocycles. The molecule has 74 valence electrons. The van der Waals surface area contributed by atoms with Crippen molar-refractivity contribution in [2.75, 3.05) is 0 Å². The minimum atomic E-state index is 0.0556. The van der Waals surface area contributed by atoms with Gasteiger partial charge in [0, 0.05) is 5.56 Å². The minimum absolute atomic E-state index is 0.0556. The molecule has 0 heterocycles. The fourth-order valence-electron chi connectivity index (χ4n) is 1.75. The van der Waals surface area contributed by atoms with E-state index in [4.69, 9.17) is 0 Å². The molecule has 1 nitrogen and oxygen atoms in total. The van der Waals surface area contributed by atoms with E-state index < -0.39 is 0 Å². The van der Waals surface area contributed by atoms with Gasteiger partial charge in [0.1, 0.15) is 0 Å². The number of Topliss-reactive ketones (excluding diaryl/α,β-unsaturated/α-hetero) is 1. The Morgan fingerprint density at radius 3 is 1.93 bits per heavy atom. The summed E-state index contributed by atoms with van der Waals surface area (Å²) >= 11 is 0. The van der Waals surface area contributed by atoms with Crippen molar-refractivity contribution in [1.82, 2.24) is 0 Å². The van der Waals surface area contributed by atoms with Crippen LogP contribution in [0.1, 0.15) is 34.0 Å². The highest BCUT2D eigenvalue weighted by Gasteiger charge is 2.12. The summed E-state index contributed by atoms with van der Waals surface area (Å²) in [4.78, 5) is 11.8. The summed E-state index contributed by atoms with van der Waals surface area (Å²) in [7, 11) is 0. The highest BCUT2D eigenvalue weighted by Crippen LogP contribution is 2.19. The van der Waals surface area contributed by atoms with E-state index in [0.29, 0.717) is 5.57 Å². The highest BCUT2D eigenvalue weighted by atomic mass is 16.1. The number of rotatable bonds is 2. The highest BCUT2D eigenvalue weighted by molar-refractivity contribution is 6.09. The summed E-state index contributed by atoms with van der Waals surface area (Å²) in [5.74, 6) is 0.0556. The number of carbonyl (C=O) groups is 1. The van der Waals surface area contributed by atoms with E-state index in [0.717, 1.165) is 16.7 Å². The van der Waals surface area contributed by atoms with Gasteiger partial charge in [-0.1, -0.05) is 24.3 Å². The first kappa shape index (κ1) is 10.7. The molecule has 0 aliphatic heterocycles. The molecular weight excluding hydrogens is 172 g/mol. The van der Waals surface area contributed by atoms with Crippen molar-refractivity contribution in [3.8, 4) is 0 Å². The van der Waals surface area contributed by atoms with Crippen LogP contribution in [0.2, 0.25) is 0 Å². The molecule has 14 heavy (non-hydrogen) atoms. The van der Waals surface area contributed by atoms with Crippen molar-refractivity contribution >= 4 is 5.78 Å². The van der Waals surface area contributed by atoms with Crippen LogP contribution in [0.15, 0.2) is 24.3 Å². The summed E-state index contributed by atoms with van der Waals surface area (Å²) in [5, 5.41) is 0. The largest absolute Gasteiger partial charge is 0.289 e. The topological polar surface area (TPSA) is 17.1 Å². The van der Waals surface area contributed by atoms with E-state index in [9.17, 15) is 4.79 Å². The Kier molecular flexibility index (Phi) is 2.90. The van der Waals surface area contributed by atoms with Crippen LogP contribution in [-0.2, 0) is 0 Å². The van der Waals surface area contributed by atoms with Crippen LogP contribution < -0.4 is 0 Å². The minimum Gasteiger partial charge on any atom is -0.289 e. The maximum Gasteiger partial charge on any atom is 0.188 e. The molecule has 0 radical (unpaired) electrons. The number of ketones is 1. The Balaban J connectivity index is 3.35. The Morgan fingerprint density at radius 1 is 1.14 bits per heavy atom. The molecule has 0 saturated heterocycles. The van der Waals surface area contributed by atoms with Gasteiger partial charge in [0.15, 0.2) is 5.78 Å². The first-order valence-corrected chi connectivity index (χ1v) is 4.71. The van der Waals surface area contributed by atoms with Gasteiger partial charge in [0.25, 0.3) is 0 Å². The summed E-state index contributed by atoms with van der Waals surface area (Å²) < 4.78 is 0. The first-order chi connectivity index (χ1) is 6.43. The monoisotopic (exact) mass is 188 g/mol. The van der Waals surface area contributed by atoms with E-state index in [2.05, 4.69) is 6.58 Å².